The number of amides is 1. The minimum Gasteiger partial charge on any atom is -0.493 e. The second-order valence-corrected chi connectivity index (χ2v) is 7.91. The molecule has 10 nitrogen and oxygen atoms in total. The first-order valence-electron chi connectivity index (χ1n) is 10.5. The van der Waals surface area contributed by atoms with Crippen molar-refractivity contribution in [3.05, 3.63) is 69.8 Å². The summed E-state index contributed by atoms with van der Waals surface area (Å²) in [7, 11) is 1.50. The maximum atomic E-state index is 13.4. The highest BCUT2D eigenvalue weighted by Crippen LogP contribution is 2.49. The van der Waals surface area contributed by atoms with Crippen LogP contribution in [0.4, 0.5) is 5.82 Å². The number of rotatable bonds is 4. The van der Waals surface area contributed by atoms with E-state index in [0.29, 0.717) is 45.3 Å². The molecule has 1 amide bonds. The second-order valence-electron chi connectivity index (χ2n) is 7.91. The van der Waals surface area contributed by atoms with Crippen molar-refractivity contribution in [2.45, 2.75) is 18.9 Å². The first-order chi connectivity index (χ1) is 16.5. The molecule has 2 aromatic heterocycles. The molecule has 0 saturated carbocycles. The van der Waals surface area contributed by atoms with E-state index < -0.39 is 23.6 Å². The number of ether oxygens (including phenoxy) is 4. The quantitative estimate of drug-likeness (QED) is 0.455. The van der Waals surface area contributed by atoms with Gasteiger partial charge in [-0.15, -0.1) is 0 Å². The number of fused-ring (bicyclic) bond motifs is 4. The van der Waals surface area contributed by atoms with Crippen molar-refractivity contribution < 1.29 is 32.7 Å². The summed E-state index contributed by atoms with van der Waals surface area (Å²) >= 11 is 0. The monoisotopic (exact) mass is 462 g/mol. The fourth-order valence-corrected chi connectivity index (χ4v) is 4.38. The topological polar surface area (TPSA) is 122 Å². The van der Waals surface area contributed by atoms with Gasteiger partial charge in [0.1, 0.15) is 17.1 Å². The smallest absolute Gasteiger partial charge is 0.344 e. The summed E-state index contributed by atoms with van der Waals surface area (Å²) in [4.78, 5) is 26.5. The van der Waals surface area contributed by atoms with Gasteiger partial charge in [-0.25, -0.2) is 4.79 Å². The Morgan fingerprint density at radius 3 is 2.79 bits per heavy atom. The number of carbonyl (C=O) groups is 1. The number of nitrogens with zero attached hydrogens (tertiary/aromatic N) is 1. The van der Waals surface area contributed by atoms with Crippen molar-refractivity contribution in [1.29, 1.82) is 0 Å². The molecule has 1 N–H and O–H groups in total. The number of aryl methyl sites for hydroxylation is 1. The zero-order valence-corrected chi connectivity index (χ0v) is 18.1. The SMILES string of the molecule is COc1cc([C@H]2c3c(c4ccccc4oc3=O)O[C@H]2C(=O)Nc2cc(C)on2)cc2c1OCO2. The number of aromatic nitrogens is 1. The van der Waals surface area contributed by atoms with Crippen LogP contribution in [0, 0.1) is 6.92 Å². The van der Waals surface area contributed by atoms with E-state index in [2.05, 4.69) is 10.5 Å². The van der Waals surface area contributed by atoms with Gasteiger partial charge in [-0.3, -0.25) is 4.79 Å². The number of carbonyl (C=O) groups excluding carboxylic acids is 1. The van der Waals surface area contributed by atoms with Crippen molar-refractivity contribution in [3.63, 3.8) is 0 Å². The Morgan fingerprint density at radius 1 is 1.15 bits per heavy atom. The Hall–Kier alpha value is -4.47. The van der Waals surface area contributed by atoms with E-state index in [9.17, 15) is 9.59 Å². The molecule has 0 spiro atoms. The molecule has 172 valence electrons. The molecule has 34 heavy (non-hydrogen) atoms. The first-order valence-corrected chi connectivity index (χ1v) is 10.5. The normalized spacial score (nSPS) is 17.9. The molecule has 2 aromatic carbocycles. The van der Waals surface area contributed by atoms with Gasteiger partial charge in [-0.2, -0.15) is 0 Å². The highest BCUT2D eigenvalue weighted by atomic mass is 16.7. The number of anilines is 1. The molecule has 0 radical (unpaired) electrons. The lowest BCUT2D eigenvalue weighted by Gasteiger charge is -2.19. The van der Waals surface area contributed by atoms with Gasteiger partial charge < -0.3 is 33.2 Å². The van der Waals surface area contributed by atoms with Crippen LogP contribution in [0.3, 0.4) is 0 Å². The van der Waals surface area contributed by atoms with Gasteiger partial charge in [0, 0.05) is 6.07 Å². The maximum Gasteiger partial charge on any atom is 0.344 e. The molecule has 0 saturated heterocycles. The number of benzene rings is 2. The second kappa shape index (κ2) is 7.55. The average Bonchev–Trinajstić information content (AvgIpc) is 3.56. The number of hydrogen-bond donors (Lipinski definition) is 1. The van der Waals surface area contributed by atoms with Crippen LogP contribution >= 0.6 is 0 Å². The fraction of sp³-hybridized carbons (Fsp3) is 0.208. The summed E-state index contributed by atoms with van der Waals surface area (Å²) in [5.41, 5.74) is 0.569. The van der Waals surface area contributed by atoms with E-state index in [1.54, 1.807) is 49.4 Å². The van der Waals surface area contributed by atoms with E-state index in [1.165, 1.54) is 7.11 Å². The first kappa shape index (κ1) is 20.2. The summed E-state index contributed by atoms with van der Waals surface area (Å²) in [6.07, 6.45) is -1.11. The molecule has 0 unspecified atom stereocenters. The van der Waals surface area contributed by atoms with Crippen molar-refractivity contribution in [3.8, 4) is 23.0 Å². The van der Waals surface area contributed by atoms with Crippen molar-refractivity contribution >= 4 is 22.7 Å². The number of hydrogen-bond acceptors (Lipinski definition) is 9. The summed E-state index contributed by atoms with van der Waals surface area (Å²) in [6.45, 7) is 1.75. The Balaban J connectivity index is 1.52. The molecule has 4 heterocycles. The van der Waals surface area contributed by atoms with Crippen molar-refractivity contribution in [2.75, 3.05) is 19.2 Å². The van der Waals surface area contributed by atoms with Crippen LogP contribution in [0.15, 0.2) is 56.2 Å². The molecule has 2 atom stereocenters. The minimum absolute atomic E-state index is 0.0368. The van der Waals surface area contributed by atoms with Crippen LogP contribution in [0.25, 0.3) is 11.0 Å². The Labute approximate surface area is 192 Å². The molecule has 4 aromatic rings. The number of nitrogens with one attached hydrogen (secondary N) is 1. The van der Waals surface area contributed by atoms with Crippen LogP contribution in [0.5, 0.6) is 23.0 Å². The molecule has 0 bridgehead atoms. The third-order valence-corrected chi connectivity index (χ3v) is 5.83. The molecule has 0 fully saturated rings. The Kier molecular flexibility index (Phi) is 4.47. The van der Waals surface area contributed by atoms with Gasteiger partial charge in [0.25, 0.3) is 5.91 Å². The lowest BCUT2D eigenvalue weighted by atomic mass is 9.87. The van der Waals surface area contributed by atoms with E-state index >= 15 is 0 Å². The van der Waals surface area contributed by atoms with E-state index in [1.807, 2.05) is 0 Å². The zero-order chi connectivity index (χ0) is 23.4. The van der Waals surface area contributed by atoms with Gasteiger partial charge in [-0.1, -0.05) is 17.3 Å². The third-order valence-electron chi connectivity index (χ3n) is 5.83. The van der Waals surface area contributed by atoms with Crippen LogP contribution in [-0.4, -0.2) is 31.1 Å². The van der Waals surface area contributed by atoms with Crippen LogP contribution in [0.2, 0.25) is 0 Å². The fourth-order valence-electron chi connectivity index (χ4n) is 4.38. The van der Waals surface area contributed by atoms with Gasteiger partial charge in [0.05, 0.1) is 24.0 Å². The molecule has 0 aliphatic carbocycles. The van der Waals surface area contributed by atoms with E-state index in [0.717, 1.165) is 0 Å². The van der Waals surface area contributed by atoms with Crippen molar-refractivity contribution in [1.82, 2.24) is 5.16 Å². The molecular formula is C24H18N2O8. The summed E-state index contributed by atoms with van der Waals surface area (Å²) in [5, 5.41) is 7.10. The molecular weight excluding hydrogens is 444 g/mol. The maximum absolute atomic E-state index is 13.4. The Morgan fingerprint density at radius 2 is 2.00 bits per heavy atom. The minimum atomic E-state index is -1.11. The Bertz CT molecular complexity index is 1500. The molecule has 6 rings (SSSR count). The molecule has 2 aliphatic rings. The zero-order valence-electron chi connectivity index (χ0n) is 18.1. The van der Waals surface area contributed by atoms with Gasteiger partial charge in [0.2, 0.25) is 12.5 Å². The van der Waals surface area contributed by atoms with Crippen molar-refractivity contribution in [2.24, 2.45) is 0 Å². The predicted molar refractivity (Wildman–Crippen MR) is 118 cm³/mol. The standard InChI is InChI=1S/C24H18N2O8/c1-11-7-17(26-34-11)25-23(27)22-18(12-8-15(29-2)21-16(9-12)30-10-31-21)19-20(33-22)13-5-3-4-6-14(13)32-24(19)28/h3-9,18,22H,10H2,1-2H3,(H,25,26,27)/t18-,22+/m0/s1. The van der Waals surface area contributed by atoms with Gasteiger partial charge in [-0.05, 0) is 36.8 Å². The van der Waals surface area contributed by atoms with E-state index in [-0.39, 0.29) is 18.2 Å². The number of methoxy groups -OCH3 is 1. The summed E-state index contributed by atoms with van der Waals surface area (Å²) < 4.78 is 33.3. The number of para-hydroxylation sites is 1. The highest BCUT2D eigenvalue weighted by molar-refractivity contribution is 5.97. The highest BCUT2D eigenvalue weighted by Gasteiger charge is 2.45. The summed E-state index contributed by atoms with van der Waals surface area (Å²) in [6, 6.07) is 12.0. The van der Waals surface area contributed by atoms with Gasteiger partial charge >= 0.3 is 5.63 Å². The largest absolute Gasteiger partial charge is 0.493 e. The van der Waals surface area contributed by atoms with Crippen LogP contribution in [-0.2, 0) is 4.79 Å². The predicted octanol–water partition coefficient (Wildman–Crippen LogP) is 3.36. The summed E-state index contributed by atoms with van der Waals surface area (Å²) in [5.74, 6) is 1.06. The lowest BCUT2D eigenvalue weighted by molar-refractivity contribution is -0.122. The average molecular weight is 462 g/mol. The third kappa shape index (κ3) is 3.06. The molecule has 10 heteroatoms. The van der Waals surface area contributed by atoms with Crippen LogP contribution in [0.1, 0.15) is 22.8 Å². The van der Waals surface area contributed by atoms with Crippen LogP contribution < -0.4 is 29.9 Å². The van der Waals surface area contributed by atoms with Gasteiger partial charge in [0.15, 0.2) is 23.4 Å². The molecule has 2 aliphatic heterocycles. The lowest BCUT2D eigenvalue weighted by Crippen LogP contribution is -2.35. The van der Waals surface area contributed by atoms with E-state index in [4.69, 9.17) is 27.9 Å².